The highest BCUT2D eigenvalue weighted by Crippen LogP contribution is 2.34. The number of nitrogens with zero attached hydrogens (tertiary/aromatic N) is 2. The van der Waals surface area contributed by atoms with E-state index in [9.17, 15) is 4.39 Å². The molecular formula is C18H16FN2S. The average molecular weight is 311 g/mol. The Hall–Kier alpha value is -1.94. The fourth-order valence-electron chi connectivity index (χ4n) is 3.07. The van der Waals surface area contributed by atoms with E-state index in [0.717, 1.165) is 41.3 Å². The molecule has 0 N–H and O–H groups in total. The number of halogens is 1. The predicted octanol–water partition coefficient (Wildman–Crippen LogP) is 4.62. The lowest BCUT2D eigenvalue weighted by Crippen LogP contribution is -2.32. The van der Waals surface area contributed by atoms with E-state index >= 15 is 0 Å². The van der Waals surface area contributed by atoms with Crippen molar-refractivity contribution < 1.29 is 4.39 Å². The third-order valence-corrected chi connectivity index (χ3v) is 5.38. The highest BCUT2D eigenvalue weighted by molar-refractivity contribution is 7.22. The van der Waals surface area contributed by atoms with Gasteiger partial charge in [0.15, 0.2) is 5.13 Å². The third kappa shape index (κ3) is 2.59. The Labute approximate surface area is 133 Å². The maximum atomic E-state index is 13.0. The largest absolute Gasteiger partial charge is 0.348 e. The van der Waals surface area contributed by atoms with Crippen LogP contribution >= 0.6 is 11.3 Å². The maximum absolute atomic E-state index is 13.0. The van der Waals surface area contributed by atoms with Crippen LogP contribution < -0.4 is 4.90 Å². The zero-order chi connectivity index (χ0) is 14.9. The molecule has 0 aliphatic carbocycles. The lowest BCUT2D eigenvalue weighted by atomic mass is 9.90. The molecule has 1 saturated heterocycles. The minimum absolute atomic E-state index is 0.160. The van der Waals surface area contributed by atoms with Gasteiger partial charge in [0.25, 0.3) is 0 Å². The number of hydrogen-bond donors (Lipinski definition) is 0. The molecule has 111 valence electrons. The van der Waals surface area contributed by atoms with Crippen LogP contribution in [0.5, 0.6) is 0 Å². The Morgan fingerprint density at radius 1 is 1.14 bits per heavy atom. The van der Waals surface area contributed by atoms with E-state index in [1.807, 2.05) is 30.3 Å². The Kier molecular flexibility index (Phi) is 3.54. The smallest absolute Gasteiger partial charge is 0.186 e. The highest BCUT2D eigenvalue weighted by atomic mass is 32.1. The maximum Gasteiger partial charge on any atom is 0.186 e. The Morgan fingerprint density at radius 3 is 2.64 bits per heavy atom. The lowest BCUT2D eigenvalue weighted by molar-refractivity contribution is 0.504. The molecule has 0 atom stereocenters. The quantitative estimate of drug-likeness (QED) is 0.686. The average Bonchev–Trinajstić information content (AvgIpc) is 3.00. The molecule has 3 aromatic rings. The van der Waals surface area contributed by atoms with Crippen LogP contribution in [0.3, 0.4) is 0 Å². The minimum Gasteiger partial charge on any atom is -0.348 e. The number of anilines is 1. The van der Waals surface area contributed by atoms with E-state index in [0.29, 0.717) is 5.92 Å². The van der Waals surface area contributed by atoms with Crippen LogP contribution in [0.4, 0.5) is 9.52 Å². The van der Waals surface area contributed by atoms with Crippen LogP contribution in [0.25, 0.3) is 10.2 Å². The standard InChI is InChI=1S/C18H16FN2S/c19-15-7-5-13(6-8-15)14-9-11-21(12-10-14)18-20-16-3-1-2-4-17(16)22-18/h1-3,5-8,14H,9-12H2. The van der Waals surface area contributed by atoms with E-state index in [4.69, 9.17) is 4.98 Å². The number of thiazole rings is 1. The van der Waals surface area contributed by atoms with E-state index in [2.05, 4.69) is 11.0 Å². The summed E-state index contributed by atoms with van der Waals surface area (Å²) in [7, 11) is 0. The second-order valence-electron chi connectivity index (χ2n) is 5.69. The summed E-state index contributed by atoms with van der Waals surface area (Å²) in [4.78, 5) is 7.07. The molecule has 0 amide bonds. The van der Waals surface area contributed by atoms with Gasteiger partial charge in [0.05, 0.1) is 10.2 Å². The number of hydrogen-bond acceptors (Lipinski definition) is 3. The van der Waals surface area contributed by atoms with Gasteiger partial charge in [-0.1, -0.05) is 35.6 Å². The first-order valence-electron chi connectivity index (χ1n) is 7.57. The summed E-state index contributed by atoms with van der Waals surface area (Å²) >= 11 is 1.71. The normalized spacial score (nSPS) is 16.3. The van der Waals surface area contributed by atoms with Gasteiger partial charge in [-0.3, -0.25) is 0 Å². The molecule has 22 heavy (non-hydrogen) atoms. The van der Waals surface area contributed by atoms with Crippen LogP contribution in [0.1, 0.15) is 24.3 Å². The van der Waals surface area contributed by atoms with Crippen molar-refractivity contribution in [2.45, 2.75) is 18.8 Å². The number of aromatic nitrogens is 1. The molecule has 0 unspecified atom stereocenters. The van der Waals surface area contributed by atoms with Crippen molar-refractivity contribution in [1.82, 2.24) is 4.98 Å². The summed E-state index contributed by atoms with van der Waals surface area (Å²) < 4.78 is 14.1. The molecule has 1 aromatic heterocycles. The second kappa shape index (κ2) is 5.69. The molecule has 2 nitrogen and oxygen atoms in total. The molecular weight excluding hydrogens is 295 g/mol. The number of piperidine rings is 1. The van der Waals surface area contributed by atoms with Gasteiger partial charge in [-0.15, -0.1) is 0 Å². The molecule has 1 fully saturated rings. The van der Waals surface area contributed by atoms with E-state index < -0.39 is 0 Å². The SMILES string of the molecule is Fc1ccc(C2CCN(c3nc4ccc[c]c4s3)CC2)cc1. The molecule has 1 radical (unpaired) electrons. The molecule has 0 spiro atoms. The molecule has 2 heterocycles. The van der Waals surface area contributed by atoms with Gasteiger partial charge >= 0.3 is 0 Å². The molecule has 1 aliphatic rings. The van der Waals surface area contributed by atoms with Crippen molar-refractivity contribution in [3.63, 3.8) is 0 Å². The van der Waals surface area contributed by atoms with Gasteiger partial charge in [-0.2, -0.15) is 0 Å². The fraction of sp³-hybridized carbons (Fsp3) is 0.278. The van der Waals surface area contributed by atoms with Gasteiger partial charge in [0, 0.05) is 19.2 Å². The van der Waals surface area contributed by atoms with Crippen molar-refractivity contribution in [2.75, 3.05) is 18.0 Å². The van der Waals surface area contributed by atoms with Gasteiger partial charge in [0.1, 0.15) is 5.82 Å². The summed E-state index contributed by atoms with van der Waals surface area (Å²) in [5.74, 6) is 0.365. The van der Waals surface area contributed by atoms with Crippen LogP contribution in [0.15, 0.2) is 42.5 Å². The zero-order valence-electron chi connectivity index (χ0n) is 12.1. The van der Waals surface area contributed by atoms with Crippen molar-refractivity contribution in [3.8, 4) is 0 Å². The highest BCUT2D eigenvalue weighted by Gasteiger charge is 2.22. The van der Waals surface area contributed by atoms with Crippen LogP contribution in [-0.2, 0) is 0 Å². The molecule has 4 rings (SSSR count). The molecule has 4 heteroatoms. The minimum atomic E-state index is -0.160. The van der Waals surface area contributed by atoms with Crippen molar-refractivity contribution >= 4 is 26.7 Å². The predicted molar refractivity (Wildman–Crippen MR) is 89.0 cm³/mol. The summed E-state index contributed by atoms with van der Waals surface area (Å²) in [6, 6.07) is 16.2. The summed E-state index contributed by atoms with van der Waals surface area (Å²) in [5, 5.41) is 1.09. The van der Waals surface area contributed by atoms with Gasteiger partial charge < -0.3 is 4.90 Å². The van der Waals surface area contributed by atoms with Crippen molar-refractivity contribution in [1.29, 1.82) is 0 Å². The second-order valence-corrected chi connectivity index (χ2v) is 6.67. The Balaban J connectivity index is 1.48. The molecule has 0 bridgehead atoms. The summed E-state index contributed by atoms with van der Waals surface area (Å²) in [6.45, 7) is 2.00. The number of rotatable bonds is 2. The fourth-order valence-corrected chi connectivity index (χ4v) is 4.06. The lowest BCUT2D eigenvalue weighted by Gasteiger charge is -2.32. The third-order valence-electron chi connectivity index (χ3n) is 4.31. The first kappa shape index (κ1) is 13.7. The number of fused-ring (bicyclic) bond motifs is 1. The zero-order valence-corrected chi connectivity index (χ0v) is 12.9. The first-order chi connectivity index (χ1) is 10.8. The van der Waals surface area contributed by atoms with Crippen molar-refractivity contribution in [3.05, 3.63) is 59.9 Å². The molecule has 1 aliphatic heterocycles. The first-order valence-corrected chi connectivity index (χ1v) is 8.39. The van der Waals surface area contributed by atoms with Gasteiger partial charge in [-0.25, -0.2) is 9.37 Å². The Bertz CT molecular complexity index is 740. The monoisotopic (exact) mass is 311 g/mol. The van der Waals surface area contributed by atoms with E-state index in [1.54, 1.807) is 23.5 Å². The van der Waals surface area contributed by atoms with Crippen LogP contribution in [0.2, 0.25) is 0 Å². The topological polar surface area (TPSA) is 16.1 Å². The Morgan fingerprint density at radius 2 is 1.91 bits per heavy atom. The van der Waals surface area contributed by atoms with E-state index in [1.165, 1.54) is 5.56 Å². The summed E-state index contributed by atoms with van der Waals surface area (Å²) in [5.41, 5.74) is 2.28. The van der Waals surface area contributed by atoms with Crippen molar-refractivity contribution in [2.24, 2.45) is 0 Å². The van der Waals surface area contributed by atoms with Gasteiger partial charge in [-0.05, 0) is 42.5 Å². The number of benzene rings is 2. The van der Waals surface area contributed by atoms with Crippen LogP contribution in [0, 0.1) is 11.9 Å². The van der Waals surface area contributed by atoms with E-state index in [-0.39, 0.29) is 5.82 Å². The van der Waals surface area contributed by atoms with Gasteiger partial charge in [0.2, 0.25) is 0 Å². The van der Waals surface area contributed by atoms with Crippen LogP contribution in [-0.4, -0.2) is 18.1 Å². The summed E-state index contributed by atoms with van der Waals surface area (Å²) in [6.07, 6.45) is 2.18. The molecule has 2 aromatic carbocycles. The molecule has 0 saturated carbocycles.